The van der Waals surface area contributed by atoms with E-state index in [2.05, 4.69) is 10.2 Å². The summed E-state index contributed by atoms with van der Waals surface area (Å²) in [7, 11) is 3.25. The molecule has 2 aromatic rings. The van der Waals surface area contributed by atoms with Crippen molar-refractivity contribution in [3.8, 4) is 11.5 Å². The second kappa shape index (κ2) is 8.86. The van der Waals surface area contributed by atoms with Crippen molar-refractivity contribution < 1.29 is 14.3 Å². The molecule has 0 atom stereocenters. The Balaban J connectivity index is 1.52. The maximum Gasteiger partial charge on any atom is 0.241 e. The highest BCUT2D eigenvalue weighted by Gasteiger charge is 2.21. The van der Waals surface area contributed by atoms with Crippen LogP contribution in [0.15, 0.2) is 42.5 Å². The number of carbonyl (C=O) groups is 1. The molecule has 1 N–H and O–H groups in total. The number of hydrogen-bond acceptors (Lipinski definition) is 5. The van der Waals surface area contributed by atoms with Crippen LogP contribution in [0.25, 0.3) is 0 Å². The number of carbonyl (C=O) groups excluding carboxylic acids is 1. The van der Waals surface area contributed by atoms with Crippen LogP contribution >= 0.6 is 11.6 Å². The van der Waals surface area contributed by atoms with Gasteiger partial charge in [-0.3, -0.25) is 4.79 Å². The molecule has 0 aliphatic carbocycles. The van der Waals surface area contributed by atoms with E-state index in [1.165, 1.54) is 0 Å². The summed E-state index contributed by atoms with van der Waals surface area (Å²) in [6, 6.07) is 13.3. The van der Waals surface area contributed by atoms with Crippen molar-refractivity contribution in [2.24, 2.45) is 0 Å². The molecule has 7 heteroatoms. The summed E-state index contributed by atoms with van der Waals surface area (Å²) in [4.78, 5) is 16.7. The van der Waals surface area contributed by atoms with Crippen molar-refractivity contribution in [3.05, 3.63) is 47.5 Å². The zero-order chi connectivity index (χ0) is 19.2. The van der Waals surface area contributed by atoms with Crippen LogP contribution in [-0.4, -0.2) is 57.8 Å². The van der Waals surface area contributed by atoms with Gasteiger partial charge in [0.25, 0.3) is 0 Å². The fourth-order valence-corrected chi connectivity index (χ4v) is 3.28. The Morgan fingerprint density at radius 2 is 1.74 bits per heavy atom. The van der Waals surface area contributed by atoms with Gasteiger partial charge >= 0.3 is 0 Å². The van der Waals surface area contributed by atoms with E-state index in [0.29, 0.717) is 23.9 Å². The van der Waals surface area contributed by atoms with Gasteiger partial charge in [0.2, 0.25) is 5.91 Å². The van der Waals surface area contributed by atoms with Crippen LogP contribution in [0.5, 0.6) is 11.5 Å². The second-order valence-electron chi connectivity index (χ2n) is 6.26. The molecule has 2 aromatic carbocycles. The number of rotatable bonds is 6. The van der Waals surface area contributed by atoms with Gasteiger partial charge in [0.05, 0.1) is 26.5 Å². The molecule has 0 aromatic heterocycles. The van der Waals surface area contributed by atoms with E-state index in [1.54, 1.807) is 32.4 Å². The summed E-state index contributed by atoms with van der Waals surface area (Å²) in [6.07, 6.45) is 0. The number of amides is 1. The van der Waals surface area contributed by atoms with Crippen LogP contribution in [0, 0.1) is 0 Å². The standard InChI is InChI=1S/C20H24ClN3O3/c1-26-17-6-4-16(5-7-17)23-9-11-24(12-10-23)20(25)14-22-18-13-15(21)3-8-19(18)27-2/h3-8,13,22H,9-12,14H2,1-2H3. The molecule has 144 valence electrons. The van der Waals surface area contributed by atoms with E-state index in [0.717, 1.165) is 30.2 Å². The number of ether oxygens (including phenoxy) is 2. The fraction of sp³-hybridized carbons (Fsp3) is 0.350. The highest BCUT2D eigenvalue weighted by atomic mass is 35.5. The molecule has 3 rings (SSSR count). The average Bonchev–Trinajstić information content (AvgIpc) is 2.72. The lowest BCUT2D eigenvalue weighted by Crippen LogP contribution is -2.50. The Hall–Kier alpha value is -2.60. The molecule has 0 bridgehead atoms. The monoisotopic (exact) mass is 389 g/mol. The summed E-state index contributed by atoms with van der Waals surface area (Å²) in [5.74, 6) is 1.57. The van der Waals surface area contributed by atoms with Crippen molar-refractivity contribution in [3.63, 3.8) is 0 Å². The largest absolute Gasteiger partial charge is 0.497 e. The van der Waals surface area contributed by atoms with Crippen LogP contribution < -0.4 is 19.7 Å². The molecule has 6 nitrogen and oxygen atoms in total. The fourth-order valence-electron chi connectivity index (χ4n) is 3.11. The maximum atomic E-state index is 12.5. The third-order valence-corrected chi connectivity index (χ3v) is 4.90. The Morgan fingerprint density at radius 1 is 1.04 bits per heavy atom. The molecule has 27 heavy (non-hydrogen) atoms. The van der Waals surface area contributed by atoms with Gasteiger partial charge in [-0.2, -0.15) is 0 Å². The first-order valence-electron chi connectivity index (χ1n) is 8.85. The molecule has 0 unspecified atom stereocenters. The minimum atomic E-state index is 0.0615. The SMILES string of the molecule is COc1ccc(N2CCN(C(=O)CNc3cc(Cl)ccc3OC)CC2)cc1. The summed E-state index contributed by atoms with van der Waals surface area (Å²) >= 11 is 6.03. The van der Waals surface area contributed by atoms with Gasteiger partial charge in [0.1, 0.15) is 11.5 Å². The van der Waals surface area contributed by atoms with Gasteiger partial charge in [-0.1, -0.05) is 11.6 Å². The number of benzene rings is 2. The average molecular weight is 390 g/mol. The van der Waals surface area contributed by atoms with E-state index in [-0.39, 0.29) is 12.5 Å². The molecule has 0 radical (unpaired) electrons. The number of piperazine rings is 1. The molecule has 1 amide bonds. The first-order chi connectivity index (χ1) is 13.1. The lowest BCUT2D eigenvalue weighted by Gasteiger charge is -2.36. The van der Waals surface area contributed by atoms with Crippen molar-refractivity contribution in [2.75, 3.05) is 57.2 Å². The lowest BCUT2D eigenvalue weighted by atomic mass is 10.2. The normalized spacial score (nSPS) is 14.0. The summed E-state index contributed by atoms with van der Waals surface area (Å²) in [5.41, 5.74) is 1.86. The number of nitrogens with zero attached hydrogens (tertiary/aromatic N) is 2. The molecular formula is C20H24ClN3O3. The Bertz CT molecular complexity index is 775. The summed E-state index contributed by atoms with van der Waals surface area (Å²) in [6.45, 7) is 3.20. The Kier molecular flexibility index (Phi) is 6.29. The van der Waals surface area contributed by atoms with Gasteiger partial charge in [-0.15, -0.1) is 0 Å². The predicted molar refractivity (Wildman–Crippen MR) is 108 cm³/mol. The minimum absolute atomic E-state index is 0.0615. The summed E-state index contributed by atoms with van der Waals surface area (Å²) < 4.78 is 10.5. The topological polar surface area (TPSA) is 54.0 Å². The Morgan fingerprint density at radius 3 is 2.37 bits per heavy atom. The van der Waals surface area contributed by atoms with Crippen LogP contribution in [0.2, 0.25) is 5.02 Å². The van der Waals surface area contributed by atoms with E-state index >= 15 is 0 Å². The second-order valence-corrected chi connectivity index (χ2v) is 6.70. The first kappa shape index (κ1) is 19.2. The molecule has 0 saturated carbocycles. The number of hydrogen-bond donors (Lipinski definition) is 1. The lowest BCUT2D eigenvalue weighted by molar-refractivity contribution is -0.129. The van der Waals surface area contributed by atoms with E-state index < -0.39 is 0 Å². The molecular weight excluding hydrogens is 366 g/mol. The number of nitrogens with one attached hydrogen (secondary N) is 1. The highest BCUT2D eigenvalue weighted by molar-refractivity contribution is 6.30. The molecule has 1 heterocycles. The quantitative estimate of drug-likeness (QED) is 0.822. The van der Waals surface area contributed by atoms with Crippen LogP contribution in [0.3, 0.4) is 0 Å². The third kappa shape index (κ3) is 4.77. The molecule has 1 aliphatic heterocycles. The predicted octanol–water partition coefficient (Wildman–Crippen LogP) is 3.12. The minimum Gasteiger partial charge on any atom is -0.497 e. The molecule has 1 aliphatic rings. The number of anilines is 2. The highest BCUT2D eigenvalue weighted by Crippen LogP contribution is 2.27. The first-order valence-corrected chi connectivity index (χ1v) is 9.22. The van der Waals surface area contributed by atoms with Crippen molar-refractivity contribution >= 4 is 28.9 Å². The Labute approximate surface area is 164 Å². The van der Waals surface area contributed by atoms with Crippen molar-refractivity contribution in [2.45, 2.75) is 0 Å². The third-order valence-electron chi connectivity index (χ3n) is 4.66. The van der Waals surface area contributed by atoms with E-state index in [1.807, 2.05) is 29.2 Å². The van der Waals surface area contributed by atoms with Crippen molar-refractivity contribution in [1.29, 1.82) is 0 Å². The zero-order valence-corrected chi connectivity index (χ0v) is 16.3. The van der Waals surface area contributed by atoms with E-state index in [9.17, 15) is 4.79 Å². The smallest absolute Gasteiger partial charge is 0.241 e. The van der Waals surface area contributed by atoms with Gasteiger partial charge in [0, 0.05) is 36.9 Å². The van der Waals surface area contributed by atoms with E-state index in [4.69, 9.17) is 21.1 Å². The molecule has 1 fully saturated rings. The molecule has 1 saturated heterocycles. The maximum absolute atomic E-state index is 12.5. The zero-order valence-electron chi connectivity index (χ0n) is 15.6. The van der Waals surface area contributed by atoms with Crippen molar-refractivity contribution in [1.82, 2.24) is 4.90 Å². The van der Waals surface area contributed by atoms with Gasteiger partial charge in [-0.25, -0.2) is 0 Å². The van der Waals surface area contributed by atoms with Crippen LogP contribution in [0.1, 0.15) is 0 Å². The van der Waals surface area contributed by atoms with Crippen LogP contribution in [-0.2, 0) is 4.79 Å². The van der Waals surface area contributed by atoms with Gasteiger partial charge in [0.15, 0.2) is 0 Å². The number of methoxy groups -OCH3 is 2. The van der Waals surface area contributed by atoms with Gasteiger partial charge in [-0.05, 0) is 42.5 Å². The summed E-state index contributed by atoms with van der Waals surface area (Å²) in [5, 5.41) is 3.73. The molecule has 0 spiro atoms. The van der Waals surface area contributed by atoms with Crippen LogP contribution in [0.4, 0.5) is 11.4 Å². The number of halogens is 1. The van der Waals surface area contributed by atoms with Gasteiger partial charge < -0.3 is 24.6 Å².